The predicted octanol–water partition coefficient (Wildman–Crippen LogP) is 0.957. The van der Waals surface area contributed by atoms with Crippen LogP contribution in [0.15, 0.2) is 0 Å². The summed E-state index contributed by atoms with van der Waals surface area (Å²) in [6.07, 6.45) is 3.96. The number of hydrogen-bond donors (Lipinski definition) is 2. The minimum atomic E-state index is -3.39. The minimum absolute atomic E-state index is 0.0584. The molecule has 0 spiro atoms. The zero-order valence-corrected chi connectivity index (χ0v) is 14.4. The first kappa shape index (κ1) is 18.8. The Bertz CT molecular complexity index is 372. The lowest BCUT2D eigenvalue weighted by Crippen LogP contribution is -2.52. The van der Waals surface area contributed by atoms with E-state index in [0.717, 1.165) is 25.7 Å². The van der Waals surface area contributed by atoms with Gasteiger partial charge < -0.3 is 10.1 Å². The first-order chi connectivity index (χ1) is 9.97. The van der Waals surface area contributed by atoms with Crippen molar-refractivity contribution < 1.29 is 13.2 Å². The Kier molecular flexibility index (Phi) is 8.73. The molecule has 126 valence electrons. The van der Waals surface area contributed by atoms with E-state index in [1.165, 1.54) is 0 Å². The summed E-state index contributed by atoms with van der Waals surface area (Å²) in [5, 5.41) is 3.08. The third kappa shape index (κ3) is 7.06. The fourth-order valence-electron chi connectivity index (χ4n) is 2.48. The highest BCUT2D eigenvalue weighted by Gasteiger charge is 2.31. The fourth-order valence-corrected chi connectivity index (χ4v) is 3.93. The Balaban J connectivity index is 2.34. The smallest absolute Gasteiger partial charge is 0.279 e. The molecule has 1 saturated heterocycles. The van der Waals surface area contributed by atoms with Crippen molar-refractivity contribution in [1.29, 1.82) is 0 Å². The summed E-state index contributed by atoms with van der Waals surface area (Å²) in [7, 11) is -1.54. The summed E-state index contributed by atoms with van der Waals surface area (Å²) in [4.78, 5) is 0. The Morgan fingerprint density at radius 3 is 2.71 bits per heavy atom. The second kappa shape index (κ2) is 9.74. The third-order valence-corrected chi connectivity index (χ3v) is 5.36. The molecular weight excluding hydrogens is 290 g/mol. The number of nitrogens with zero attached hydrogens (tertiary/aromatic N) is 1. The van der Waals surface area contributed by atoms with Crippen molar-refractivity contribution in [3.63, 3.8) is 0 Å². The molecule has 1 rings (SSSR count). The Hall–Kier alpha value is -0.210. The van der Waals surface area contributed by atoms with Gasteiger partial charge in [-0.25, -0.2) is 0 Å². The second-order valence-electron chi connectivity index (χ2n) is 6.01. The van der Waals surface area contributed by atoms with Crippen molar-refractivity contribution in [2.75, 3.05) is 39.9 Å². The van der Waals surface area contributed by atoms with Crippen LogP contribution in [0.25, 0.3) is 0 Å². The van der Waals surface area contributed by atoms with Gasteiger partial charge in [-0.3, -0.25) is 0 Å². The molecule has 1 aliphatic rings. The van der Waals surface area contributed by atoms with Crippen molar-refractivity contribution in [1.82, 2.24) is 14.3 Å². The van der Waals surface area contributed by atoms with E-state index in [2.05, 4.69) is 23.9 Å². The maximum Gasteiger partial charge on any atom is 0.279 e. The van der Waals surface area contributed by atoms with Crippen molar-refractivity contribution in [2.24, 2.45) is 5.92 Å². The molecule has 0 saturated carbocycles. The summed E-state index contributed by atoms with van der Waals surface area (Å²) >= 11 is 0. The fraction of sp³-hybridized carbons (Fsp3) is 1.00. The van der Waals surface area contributed by atoms with Crippen molar-refractivity contribution >= 4 is 10.2 Å². The van der Waals surface area contributed by atoms with Gasteiger partial charge in [-0.15, -0.1) is 0 Å². The van der Waals surface area contributed by atoms with Crippen LogP contribution in [0.2, 0.25) is 0 Å². The van der Waals surface area contributed by atoms with Crippen LogP contribution in [0.1, 0.15) is 39.5 Å². The van der Waals surface area contributed by atoms with Crippen LogP contribution in [-0.4, -0.2) is 58.7 Å². The van der Waals surface area contributed by atoms with E-state index in [0.29, 0.717) is 38.8 Å². The summed E-state index contributed by atoms with van der Waals surface area (Å²) in [5.74, 6) is 0.609. The number of hydrogen-bond acceptors (Lipinski definition) is 4. The molecule has 6 nitrogen and oxygen atoms in total. The van der Waals surface area contributed by atoms with E-state index in [1.807, 2.05) is 7.05 Å². The number of likely N-dealkylation sites (N-methyl/N-ethyl adjacent to an activating group) is 1. The van der Waals surface area contributed by atoms with Crippen LogP contribution in [0, 0.1) is 5.92 Å². The number of ether oxygens (including phenoxy) is 1. The first-order valence-corrected chi connectivity index (χ1v) is 9.40. The third-order valence-electron chi connectivity index (χ3n) is 3.69. The Morgan fingerprint density at radius 2 is 2.05 bits per heavy atom. The summed E-state index contributed by atoms with van der Waals surface area (Å²) in [6, 6.07) is 0.0584. The molecule has 1 fully saturated rings. The molecule has 0 radical (unpaired) electrons. The molecular formula is C14H31N3O3S. The molecule has 2 N–H and O–H groups in total. The molecule has 0 bridgehead atoms. The van der Waals surface area contributed by atoms with Crippen LogP contribution in [0.4, 0.5) is 0 Å². The molecule has 0 aromatic rings. The topological polar surface area (TPSA) is 70.7 Å². The molecule has 1 atom stereocenters. The maximum atomic E-state index is 12.3. The van der Waals surface area contributed by atoms with Gasteiger partial charge in [0.2, 0.25) is 0 Å². The van der Waals surface area contributed by atoms with Crippen LogP contribution < -0.4 is 10.0 Å². The molecule has 1 heterocycles. The van der Waals surface area contributed by atoms with E-state index in [4.69, 9.17) is 4.74 Å². The number of nitrogens with one attached hydrogen (secondary N) is 2. The quantitative estimate of drug-likeness (QED) is 0.588. The van der Waals surface area contributed by atoms with E-state index >= 15 is 0 Å². The monoisotopic (exact) mass is 321 g/mol. The van der Waals surface area contributed by atoms with Crippen LogP contribution in [-0.2, 0) is 14.9 Å². The highest BCUT2D eigenvalue weighted by molar-refractivity contribution is 7.87. The summed E-state index contributed by atoms with van der Waals surface area (Å²) in [6.45, 7) is 7.04. The highest BCUT2D eigenvalue weighted by Crippen LogP contribution is 2.19. The largest absolute Gasteiger partial charge is 0.380 e. The van der Waals surface area contributed by atoms with Crippen molar-refractivity contribution in [3.8, 4) is 0 Å². The van der Waals surface area contributed by atoms with Crippen molar-refractivity contribution in [3.05, 3.63) is 0 Å². The average molecular weight is 321 g/mol. The lowest BCUT2D eigenvalue weighted by atomic mass is 10.1. The van der Waals surface area contributed by atoms with Gasteiger partial charge in [0, 0.05) is 32.3 Å². The predicted molar refractivity (Wildman–Crippen MR) is 85.5 cm³/mol. The van der Waals surface area contributed by atoms with Crippen LogP contribution >= 0.6 is 0 Å². The van der Waals surface area contributed by atoms with Gasteiger partial charge in [-0.05, 0) is 32.2 Å². The van der Waals surface area contributed by atoms with Gasteiger partial charge in [0.1, 0.15) is 0 Å². The Morgan fingerprint density at radius 1 is 1.29 bits per heavy atom. The summed E-state index contributed by atoms with van der Waals surface area (Å²) in [5.41, 5.74) is 0. The van der Waals surface area contributed by atoms with Gasteiger partial charge in [0.15, 0.2) is 0 Å². The van der Waals surface area contributed by atoms with Crippen molar-refractivity contribution in [2.45, 2.75) is 45.6 Å². The summed E-state index contributed by atoms with van der Waals surface area (Å²) < 4.78 is 34.4. The van der Waals surface area contributed by atoms with Gasteiger partial charge in [0.25, 0.3) is 10.2 Å². The van der Waals surface area contributed by atoms with E-state index in [-0.39, 0.29) is 6.04 Å². The highest BCUT2D eigenvalue weighted by atomic mass is 32.2. The molecule has 0 amide bonds. The second-order valence-corrected chi connectivity index (χ2v) is 7.72. The zero-order valence-electron chi connectivity index (χ0n) is 13.6. The SMILES string of the molecule is CNCC1CCCCN1S(=O)(=O)NCCOCCC(C)C. The lowest BCUT2D eigenvalue weighted by Gasteiger charge is -2.34. The lowest BCUT2D eigenvalue weighted by molar-refractivity contribution is 0.128. The van der Waals surface area contributed by atoms with Gasteiger partial charge in [-0.2, -0.15) is 17.4 Å². The van der Waals surface area contributed by atoms with Crippen LogP contribution in [0.3, 0.4) is 0 Å². The van der Waals surface area contributed by atoms with E-state index in [1.54, 1.807) is 4.31 Å². The molecule has 7 heteroatoms. The zero-order chi connectivity index (χ0) is 15.7. The number of piperidine rings is 1. The van der Waals surface area contributed by atoms with Gasteiger partial charge in [0.05, 0.1) is 6.61 Å². The minimum Gasteiger partial charge on any atom is -0.380 e. The Labute approximate surface area is 129 Å². The van der Waals surface area contributed by atoms with E-state index in [9.17, 15) is 8.42 Å². The molecule has 0 aromatic heterocycles. The normalized spacial score (nSPS) is 21.0. The first-order valence-electron chi connectivity index (χ1n) is 7.96. The van der Waals surface area contributed by atoms with Gasteiger partial charge in [-0.1, -0.05) is 20.3 Å². The molecule has 1 aliphatic heterocycles. The maximum absolute atomic E-state index is 12.3. The standard InChI is InChI=1S/C14H31N3O3S/c1-13(2)7-10-20-11-8-16-21(18,19)17-9-5-4-6-14(17)12-15-3/h13-16H,4-12H2,1-3H3. The molecule has 0 aliphatic carbocycles. The van der Waals surface area contributed by atoms with E-state index < -0.39 is 10.2 Å². The number of rotatable bonds is 10. The molecule has 0 aromatic carbocycles. The molecule has 1 unspecified atom stereocenters. The average Bonchev–Trinajstić information content (AvgIpc) is 2.43. The molecule has 21 heavy (non-hydrogen) atoms. The van der Waals surface area contributed by atoms with Gasteiger partial charge >= 0.3 is 0 Å². The van der Waals surface area contributed by atoms with Crippen LogP contribution in [0.5, 0.6) is 0 Å².